The number of likely N-dealkylation sites (tertiary alicyclic amines) is 1. The lowest BCUT2D eigenvalue weighted by Gasteiger charge is -2.67. The molecule has 4 rings (SSSR count). The highest BCUT2D eigenvalue weighted by Crippen LogP contribution is 2.65. The first-order valence-corrected chi connectivity index (χ1v) is 13.0. The first-order valence-electron chi connectivity index (χ1n) is 13.0. The van der Waals surface area contributed by atoms with Gasteiger partial charge >= 0.3 is 0 Å². The highest BCUT2D eigenvalue weighted by Gasteiger charge is 2.96. The van der Waals surface area contributed by atoms with Crippen LogP contribution in [0.15, 0.2) is 0 Å². The molecule has 2 aliphatic rings. The molecule has 1 saturated heterocycles. The summed E-state index contributed by atoms with van der Waals surface area (Å²) < 4.78 is 9.37. The number of phenolic OH excluding ortho intramolecular Hbond substituents is 7. The van der Waals surface area contributed by atoms with Crippen LogP contribution in [0.1, 0.15) is 21.5 Å². The van der Waals surface area contributed by atoms with E-state index in [1.165, 1.54) is 0 Å². The van der Waals surface area contributed by atoms with Gasteiger partial charge in [0.25, 0.3) is 29.3 Å². The summed E-state index contributed by atoms with van der Waals surface area (Å²) in [5, 5.41) is 246. The van der Waals surface area contributed by atoms with Crippen LogP contribution in [0, 0.1) is 0 Å². The zero-order valence-corrected chi connectivity index (χ0v) is 25.0. The summed E-state index contributed by atoms with van der Waals surface area (Å²) in [6.07, 6.45) is 0. The Labute approximate surface area is 277 Å². The molecule has 286 valence electrons. The van der Waals surface area contributed by atoms with Gasteiger partial charge in [-0.2, -0.15) is 0 Å². The maximum absolute atomic E-state index is 13.6. The van der Waals surface area contributed by atoms with Crippen LogP contribution in [-0.4, -0.2) is 183 Å². The van der Waals surface area contributed by atoms with E-state index in [0.717, 1.165) is 7.11 Å². The molecular weight excluding hydrogens is 718 g/mol. The highest BCUT2D eigenvalue weighted by molar-refractivity contribution is 6.12. The molecule has 0 aromatic heterocycles. The third kappa shape index (κ3) is 3.83. The molecule has 0 bridgehead atoms. The molecule has 51 heavy (non-hydrogen) atoms. The van der Waals surface area contributed by atoms with Crippen LogP contribution in [0.4, 0.5) is 0 Å². The van der Waals surface area contributed by atoms with Crippen LogP contribution in [0.5, 0.6) is 51.7 Å². The number of carbonyl (C=O) groups is 1. The molecule has 1 atom stereocenters. The summed E-state index contributed by atoms with van der Waals surface area (Å²) in [6, 6.07) is 0. The number of carbonyl (C=O) groups excluding carboxylic acids is 1. The van der Waals surface area contributed by atoms with E-state index in [1.807, 2.05) is 0 Å². The maximum Gasteiger partial charge on any atom is 0.294 e. The van der Waals surface area contributed by atoms with E-state index >= 15 is 0 Å². The van der Waals surface area contributed by atoms with Crippen molar-refractivity contribution >= 4 is 5.78 Å². The summed E-state index contributed by atoms with van der Waals surface area (Å²) in [5.74, 6) is -59.6. The number of nitrogens with zero attached hydrogens (tertiary/aromatic N) is 1. The van der Waals surface area contributed by atoms with E-state index < -0.39 is 131 Å². The van der Waals surface area contributed by atoms with Crippen molar-refractivity contribution in [1.82, 2.24) is 4.90 Å². The fourth-order valence-corrected chi connectivity index (χ4v) is 6.09. The van der Waals surface area contributed by atoms with Crippen molar-refractivity contribution in [2.24, 2.45) is 0 Å². The number of rotatable bonds is 6. The fourth-order valence-electron chi connectivity index (χ4n) is 6.09. The Balaban J connectivity index is 2.11. The third-order valence-electron chi connectivity index (χ3n) is 8.77. The largest absolute Gasteiger partial charge is 0.504 e. The summed E-state index contributed by atoms with van der Waals surface area (Å²) in [5.41, 5.74) is -18.0. The lowest BCUT2D eigenvalue weighted by molar-refractivity contribution is -0.650. The molecule has 27 nitrogen and oxygen atoms in total. The summed E-state index contributed by atoms with van der Waals surface area (Å²) >= 11 is 0. The summed E-state index contributed by atoms with van der Waals surface area (Å²) in [7, 11) is 1.44. The van der Waals surface area contributed by atoms with Crippen molar-refractivity contribution in [3.63, 3.8) is 0 Å². The Morgan fingerprint density at radius 3 is 1.27 bits per heavy atom. The van der Waals surface area contributed by atoms with Gasteiger partial charge in [0.1, 0.15) is 5.56 Å². The average Bonchev–Trinajstić information content (AvgIpc) is 3.16. The van der Waals surface area contributed by atoms with Crippen LogP contribution in [-0.2, 0) is 11.7 Å². The first kappa shape index (κ1) is 39.4. The zero-order valence-electron chi connectivity index (χ0n) is 25.0. The van der Waals surface area contributed by atoms with Crippen LogP contribution < -0.4 is 9.47 Å². The number of hydrogen-bond acceptors (Lipinski definition) is 27. The maximum atomic E-state index is 13.6. The van der Waals surface area contributed by atoms with Crippen molar-refractivity contribution in [3.8, 4) is 51.7 Å². The van der Waals surface area contributed by atoms with Crippen LogP contribution in [0.2, 0.25) is 0 Å². The monoisotopic (exact) mass is 747 g/mol. The van der Waals surface area contributed by atoms with E-state index in [2.05, 4.69) is 9.47 Å². The Kier molecular flexibility index (Phi) is 8.01. The van der Waals surface area contributed by atoms with Crippen molar-refractivity contribution in [2.75, 3.05) is 14.2 Å². The molecule has 1 aliphatic heterocycles. The van der Waals surface area contributed by atoms with E-state index in [4.69, 9.17) is 0 Å². The van der Waals surface area contributed by atoms with Gasteiger partial charge < -0.3 is 127 Å². The minimum Gasteiger partial charge on any atom is -0.504 e. The molecule has 1 unspecified atom stereocenters. The number of Topliss-reactive ketones (excluding diaryl/α,β-unsaturated/α-hetero) is 1. The topological polar surface area (TPSA) is 504 Å². The van der Waals surface area contributed by atoms with Gasteiger partial charge in [0.05, 0.1) is 25.3 Å². The van der Waals surface area contributed by atoms with E-state index in [1.54, 1.807) is 0 Å². The molecule has 0 radical (unpaired) electrons. The van der Waals surface area contributed by atoms with Crippen molar-refractivity contribution in [3.05, 3.63) is 16.7 Å². The second-order valence-corrected chi connectivity index (χ2v) is 11.3. The van der Waals surface area contributed by atoms with Gasteiger partial charge in [-0.15, -0.1) is 4.90 Å². The number of ketones is 1. The average molecular weight is 747 g/mol. The Morgan fingerprint density at radius 2 is 0.902 bits per heavy atom. The van der Waals surface area contributed by atoms with Crippen LogP contribution >= 0.6 is 0 Å². The second-order valence-electron chi connectivity index (χ2n) is 11.3. The molecule has 0 spiro atoms. The molecule has 1 heterocycles. The SMILES string of the molecule is COc1c(O)c2c(c(O)c1OC)C(O)(O)C(O)(C(O)(O)C1(O)C(O)(O)C(O)(O)N(C(O)(O)c3c(O)c(O)c(O)c(O)c3O)C(O)(O)C1(O)O)C2=O. The standard InChI is InChI=1S/C24H29NO26/c1-50-13-6(26)3-4(9(29)14(13)51-2)17(35,36)16(34,15(3)33)20(40,41)19(39)21(42,43)23(46,47)25(24(48,49)22(19,44)45)18(37,38)5-7(27)10(30)12(32)11(31)8(5)28/h26-32,34-49H,1-2H3. The van der Waals surface area contributed by atoms with Gasteiger partial charge in [-0.05, 0) is 0 Å². The summed E-state index contributed by atoms with van der Waals surface area (Å²) in [4.78, 5) is 11.5. The number of aliphatic hydroxyl groups is 16. The fraction of sp³-hybridized carbons (Fsp3) is 0.458. The van der Waals surface area contributed by atoms with Crippen molar-refractivity contribution in [1.29, 1.82) is 0 Å². The number of methoxy groups -OCH3 is 2. The van der Waals surface area contributed by atoms with E-state index in [0.29, 0.717) is 7.11 Å². The first-order chi connectivity index (χ1) is 22.7. The number of hydrogen-bond donors (Lipinski definition) is 23. The zero-order chi connectivity index (χ0) is 40.0. The quantitative estimate of drug-likeness (QED) is 0.0741. The molecule has 1 fully saturated rings. The number of ether oxygens (including phenoxy) is 2. The number of fused-ring (bicyclic) bond motifs is 1. The van der Waals surface area contributed by atoms with Crippen LogP contribution in [0.25, 0.3) is 0 Å². The second kappa shape index (κ2) is 10.4. The van der Waals surface area contributed by atoms with Crippen molar-refractivity contribution in [2.45, 2.75) is 52.1 Å². The Bertz CT molecular complexity index is 1790. The molecular formula is C24H29NO26. The van der Waals surface area contributed by atoms with E-state index in [9.17, 15) is 122 Å². The number of phenols is 7. The van der Waals surface area contributed by atoms with Gasteiger partial charge in [-0.1, -0.05) is 0 Å². The minimum absolute atomic E-state index is 0.715. The number of aromatic hydroxyl groups is 7. The van der Waals surface area contributed by atoms with Gasteiger partial charge in [0.2, 0.25) is 57.3 Å². The summed E-state index contributed by atoms with van der Waals surface area (Å²) in [6.45, 7) is 0. The third-order valence-corrected chi connectivity index (χ3v) is 8.77. The predicted molar refractivity (Wildman–Crippen MR) is 142 cm³/mol. The van der Waals surface area contributed by atoms with Gasteiger partial charge in [-0.25, -0.2) is 0 Å². The lowest BCUT2D eigenvalue weighted by atomic mass is 9.62. The number of benzene rings is 2. The van der Waals surface area contributed by atoms with Gasteiger partial charge in [0, 0.05) is 0 Å². The molecule has 0 saturated carbocycles. The highest BCUT2D eigenvalue weighted by atomic mass is 16.7. The molecule has 1 aliphatic carbocycles. The number of piperidine rings is 1. The lowest BCUT2D eigenvalue weighted by Crippen LogP contribution is -3.00. The molecule has 2 aromatic carbocycles. The minimum atomic E-state index is -6.25. The smallest absolute Gasteiger partial charge is 0.294 e. The molecule has 2 aromatic rings. The normalized spacial score (nSPS) is 24.6. The van der Waals surface area contributed by atoms with E-state index in [-0.39, 0.29) is 0 Å². The molecule has 23 N–H and O–H groups in total. The Hall–Kier alpha value is -4.37. The van der Waals surface area contributed by atoms with Crippen LogP contribution in [0.3, 0.4) is 0 Å². The predicted octanol–water partition coefficient (Wildman–Crippen LogP) is -10.1. The van der Waals surface area contributed by atoms with Crippen molar-refractivity contribution < 1.29 is 132 Å². The van der Waals surface area contributed by atoms with Gasteiger partial charge in [0.15, 0.2) is 23.0 Å². The molecule has 0 amide bonds. The molecule has 27 heteroatoms. The van der Waals surface area contributed by atoms with Gasteiger partial charge in [-0.3, -0.25) is 4.79 Å². The Morgan fingerprint density at radius 1 is 0.549 bits per heavy atom.